The van der Waals surface area contributed by atoms with Crippen LogP contribution in [0.3, 0.4) is 0 Å². The van der Waals surface area contributed by atoms with Gasteiger partial charge in [0.05, 0.1) is 12.6 Å². The molecular weight excluding hydrogens is 222 g/mol. The Labute approximate surface area is 97.0 Å². The van der Waals surface area contributed by atoms with Crippen LogP contribution in [-0.4, -0.2) is 35.7 Å². The van der Waals surface area contributed by atoms with Crippen LogP contribution in [0.2, 0.25) is 0 Å². The molecule has 2 N–H and O–H groups in total. The Morgan fingerprint density at radius 2 is 2.18 bits per heavy atom. The minimum atomic E-state index is -0.502. The molecule has 6 heteroatoms. The average Bonchev–Trinajstić information content (AvgIpc) is 2.79. The van der Waals surface area contributed by atoms with Crippen LogP contribution in [0.5, 0.6) is 0 Å². The van der Waals surface area contributed by atoms with E-state index >= 15 is 0 Å². The van der Waals surface area contributed by atoms with Gasteiger partial charge in [-0.3, -0.25) is 14.7 Å². The predicted octanol–water partition coefficient (Wildman–Crippen LogP) is 0.466. The van der Waals surface area contributed by atoms with Crippen molar-refractivity contribution >= 4 is 22.8 Å². The molecule has 0 aliphatic heterocycles. The summed E-state index contributed by atoms with van der Waals surface area (Å²) in [6.07, 6.45) is 0. The molecule has 0 fully saturated rings. The first-order valence-electron chi connectivity index (χ1n) is 5.00. The van der Waals surface area contributed by atoms with Gasteiger partial charge in [0.25, 0.3) is 5.91 Å². The fraction of sp³-hybridized carbons (Fsp3) is 0.182. The highest BCUT2D eigenvalue weighted by molar-refractivity contribution is 6.05. The number of carbonyl (C=O) groups is 2. The van der Waals surface area contributed by atoms with E-state index in [4.69, 9.17) is 0 Å². The van der Waals surface area contributed by atoms with E-state index in [1.807, 2.05) is 18.2 Å². The van der Waals surface area contributed by atoms with Crippen LogP contribution in [0, 0.1) is 0 Å². The molecule has 0 bridgehead atoms. The summed E-state index contributed by atoms with van der Waals surface area (Å²) in [6, 6.07) is 7.26. The van der Waals surface area contributed by atoms with E-state index in [-0.39, 0.29) is 12.2 Å². The maximum absolute atomic E-state index is 11.7. The number of methoxy groups -OCH3 is 1. The van der Waals surface area contributed by atoms with Gasteiger partial charge in [-0.2, -0.15) is 5.10 Å². The second kappa shape index (κ2) is 4.65. The third-order valence-corrected chi connectivity index (χ3v) is 2.31. The number of rotatable bonds is 3. The second-order valence-corrected chi connectivity index (χ2v) is 3.38. The van der Waals surface area contributed by atoms with E-state index in [1.54, 1.807) is 6.07 Å². The van der Waals surface area contributed by atoms with Crippen molar-refractivity contribution in [1.29, 1.82) is 0 Å². The number of benzene rings is 1. The zero-order chi connectivity index (χ0) is 12.3. The third-order valence-electron chi connectivity index (χ3n) is 2.31. The number of para-hydroxylation sites is 1. The molecule has 88 valence electrons. The van der Waals surface area contributed by atoms with E-state index in [9.17, 15) is 9.59 Å². The number of hydrogen-bond donors (Lipinski definition) is 2. The number of fused-ring (bicyclic) bond motifs is 1. The van der Waals surface area contributed by atoms with Crippen LogP contribution in [0.1, 0.15) is 10.5 Å². The molecule has 1 amide bonds. The highest BCUT2D eigenvalue weighted by atomic mass is 16.5. The number of amides is 1. The molecule has 0 radical (unpaired) electrons. The lowest BCUT2D eigenvalue weighted by Crippen LogP contribution is -2.30. The normalized spacial score (nSPS) is 10.2. The first kappa shape index (κ1) is 11.1. The summed E-state index contributed by atoms with van der Waals surface area (Å²) in [5.74, 6) is -0.911. The summed E-state index contributed by atoms with van der Waals surface area (Å²) in [5.41, 5.74) is 1.04. The maximum atomic E-state index is 11.7. The first-order valence-corrected chi connectivity index (χ1v) is 5.00. The Bertz CT molecular complexity index is 562. The summed E-state index contributed by atoms with van der Waals surface area (Å²) in [7, 11) is 1.26. The Hall–Kier alpha value is -2.37. The summed E-state index contributed by atoms with van der Waals surface area (Å²) < 4.78 is 4.42. The highest BCUT2D eigenvalue weighted by Gasteiger charge is 2.14. The molecule has 1 aromatic carbocycles. The van der Waals surface area contributed by atoms with Crippen molar-refractivity contribution in [2.45, 2.75) is 0 Å². The van der Waals surface area contributed by atoms with E-state index in [0.717, 1.165) is 10.9 Å². The third kappa shape index (κ3) is 2.25. The number of aromatic amines is 1. The molecule has 6 nitrogen and oxygen atoms in total. The first-order chi connectivity index (χ1) is 8.22. The molecule has 0 atom stereocenters. The van der Waals surface area contributed by atoms with Crippen molar-refractivity contribution in [3.63, 3.8) is 0 Å². The van der Waals surface area contributed by atoms with Gasteiger partial charge in [0, 0.05) is 5.39 Å². The lowest BCUT2D eigenvalue weighted by atomic mass is 10.2. The largest absolute Gasteiger partial charge is 0.468 e. The van der Waals surface area contributed by atoms with Gasteiger partial charge >= 0.3 is 5.97 Å². The SMILES string of the molecule is COC(=O)CNC(=O)c1n[nH]c2ccccc12. The van der Waals surface area contributed by atoms with Gasteiger partial charge in [0.2, 0.25) is 0 Å². The van der Waals surface area contributed by atoms with Crippen molar-refractivity contribution in [1.82, 2.24) is 15.5 Å². The van der Waals surface area contributed by atoms with Crippen LogP contribution in [0.15, 0.2) is 24.3 Å². The Balaban J connectivity index is 2.17. The fourth-order valence-corrected chi connectivity index (χ4v) is 1.44. The molecular formula is C11H11N3O3. The number of nitrogens with one attached hydrogen (secondary N) is 2. The number of esters is 1. The lowest BCUT2D eigenvalue weighted by molar-refractivity contribution is -0.139. The molecule has 0 spiro atoms. The van der Waals surface area contributed by atoms with Crippen molar-refractivity contribution in [3.05, 3.63) is 30.0 Å². The van der Waals surface area contributed by atoms with E-state index in [0.29, 0.717) is 0 Å². The average molecular weight is 233 g/mol. The van der Waals surface area contributed by atoms with Crippen LogP contribution in [0.25, 0.3) is 10.9 Å². The molecule has 0 aliphatic carbocycles. The number of hydrogen-bond acceptors (Lipinski definition) is 4. The highest BCUT2D eigenvalue weighted by Crippen LogP contribution is 2.14. The zero-order valence-electron chi connectivity index (χ0n) is 9.19. The fourth-order valence-electron chi connectivity index (χ4n) is 1.44. The quantitative estimate of drug-likeness (QED) is 0.754. The number of ether oxygens (including phenoxy) is 1. The molecule has 0 saturated carbocycles. The van der Waals surface area contributed by atoms with Gasteiger partial charge in [0.1, 0.15) is 6.54 Å². The molecule has 2 aromatic rings. The van der Waals surface area contributed by atoms with Gasteiger partial charge in [0.15, 0.2) is 5.69 Å². The minimum absolute atomic E-state index is 0.170. The summed E-state index contributed by atoms with van der Waals surface area (Å²) in [6.45, 7) is -0.170. The number of carbonyl (C=O) groups excluding carboxylic acids is 2. The minimum Gasteiger partial charge on any atom is -0.468 e. The topological polar surface area (TPSA) is 84.1 Å². The Morgan fingerprint density at radius 1 is 1.41 bits per heavy atom. The van der Waals surface area contributed by atoms with Gasteiger partial charge in [-0.05, 0) is 6.07 Å². The van der Waals surface area contributed by atoms with Gasteiger partial charge in [-0.25, -0.2) is 0 Å². The van der Waals surface area contributed by atoms with E-state index in [2.05, 4.69) is 20.3 Å². The van der Waals surface area contributed by atoms with Gasteiger partial charge in [-0.15, -0.1) is 0 Å². The van der Waals surface area contributed by atoms with Crippen LogP contribution >= 0.6 is 0 Å². The molecule has 0 aliphatic rings. The monoisotopic (exact) mass is 233 g/mol. The summed E-state index contributed by atoms with van der Waals surface area (Å²) in [4.78, 5) is 22.6. The van der Waals surface area contributed by atoms with Crippen molar-refractivity contribution < 1.29 is 14.3 Å². The molecule has 0 unspecified atom stereocenters. The zero-order valence-corrected chi connectivity index (χ0v) is 9.19. The predicted molar refractivity (Wildman–Crippen MR) is 60.4 cm³/mol. The lowest BCUT2D eigenvalue weighted by Gasteiger charge is -2.01. The summed E-state index contributed by atoms with van der Waals surface area (Å²) in [5, 5.41) is 9.80. The van der Waals surface area contributed by atoms with Gasteiger partial charge < -0.3 is 10.1 Å². The maximum Gasteiger partial charge on any atom is 0.325 e. The number of aromatic nitrogens is 2. The standard InChI is InChI=1S/C11H11N3O3/c1-17-9(15)6-12-11(16)10-7-4-2-3-5-8(7)13-14-10/h2-5H,6H2,1H3,(H,12,16)(H,13,14). The van der Waals surface area contributed by atoms with Crippen LogP contribution < -0.4 is 5.32 Å². The Morgan fingerprint density at radius 3 is 2.94 bits per heavy atom. The summed E-state index contributed by atoms with van der Waals surface area (Å²) >= 11 is 0. The number of H-pyrrole nitrogens is 1. The molecule has 17 heavy (non-hydrogen) atoms. The molecule has 0 saturated heterocycles. The molecule has 1 heterocycles. The van der Waals surface area contributed by atoms with Crippen molar-refractivity contribution in [2.24, 2.45) is 0 Å². The molecule has 2 rings (SSSR count). The van der Waals surface area contributed by atoms with Crippen molar-refractivity contribution in [3.8, 4) is 0 Å². The molecule has 1 aromatic heterocycles. The van der Waals surface area contributed by atoms with E-state index in [1.165, 1.54) is 7.11 Å². The smallest absolute Gasteiger partial charge is 0.325 e. The number of nitrogens with zero attached hydrogens (tertiary/aromatic N) is 1. The van der Waals surface area contributed by atoms with E-state index < -0.39 is 11.9 Å². The Kier molecular flexibility index (Phi) is 3.04. The van der Waals surface area contributed by atoms with Gasteiger partial charge in [-0.1, -0.05) is 18.2 Å². The van der Waals surface area contributed by atoms with Crippen LogP contribution in [0.4, 0.5) is 0 Å². The van der Waals surface area contributed by atoms with Crippen LogP contribution in [-0.2, 0) is 9.53 Å². The van der Waals surface area contributed by atoms with Crippen molar-refractivity contribution in [2.75, 3.05) is 13.7 Å². The second-order valence-electron chi connectivity index (χ2n) is 3.38.